The van der Waals surface area contributed by atoms with Crippen LogP contribution < -0.4 is 4.90 Å². The number of halogens is 1. The molecule has 1 amide bonds. The second-order valence-corrected chi connectivity index (χ2v) is 4.87. The second kappa shape index (κ2) is 8.24. The number of ether oxygens (including phenoxy) is 1. The van der Waals surface area contributed by atoms with E-state index in [0.717, 1.165) is 11.3 Å². The summed E-state index contributed by atoms with van der Waals surface area (Å²) in [5, 5.41) is 0. The maximum Gasteiger partial charge on any atom is 0.227 e. The summed E-state index contributed by atoms with van der Waals surface area (Å²) in [5.74, 6) is -0.303. The smallest absolute Gasteiger partial charge is 0.227 e. The number of amides is 1. The summed E-state index contributed by atoms with van der Waals surface area (Å²) >= 11 is 0. The van der Waals surface area contributed by atoms with Gasteiger partial charge in [-0.2, -0.15) is 0 Å². The Bertz CT molecular complexity index is 605. The van der Waals surface area contributed by atoms with Crippen LogP contribution in [-0.4, -0.2) is 31.2 Å². The highest BCUT2D eigenvalue weighted by molar-refractivity contribution is 5.93. The van der Waals surface area contributed by atoms with E-state index in [-0.39, 0.29) is 11.7 Å². The average Bonchev–Trinajstić information content (AvgIpc) is 2.54. The van der Waals surface area contributed by atoms with Crippen LogP contribution in [0.2, 0.25) is 0 Å². The maximum atomic E-state index is 13.2. The van der Waals surface area contributed by atoms with Gasteiger partial charge < -0.3 is 9.64 Å². The van der Waals surface area contributed by atoms with Crippen LogP contribution in [0.4, 0.5) is 10.1 Å². The molecule has 0 aliphatic rings. The monoisotopic (exact) mass is 302 g/mol. The van der Waals surface area contributed by atoms with Crippen LogP contribution in [0.25, 0.3) is 0 Å². The SMILES string of the molecule is COCCN(C(=O)CCc1cccc(F)c1)c1ccncc1. The van der Waals surface area contributed by atoms with Crippen molar-refractivity contribution in [3.63, 3.8) is 0 Å². The Kier molecular flexibility index (Phi) is 6.03. The third kappa shape index (κ3) is 4.63. The summed E-state index contributed by atoms with van der Waals surface area (Å²) in [7, 11) is 1.60. The lowest BCUT2D eigenvalue weighted by molar-refractivity contribution is -0.118. The lowest BCUT2D eigenvalue weighted by Crippen LogP contribution is -2.34. The molecule has 0 aliphatic heterocycles. The Labute approximate surface area is 129 Å². The van der Waals surface area contributed by atoms with Gasteiger partial charge in [-0.05, 0) is 36.2 Å². The Morgan fingerprint density at radius 2 is 2.05 bits per heavy atom. The zero-order valence-corrected chi connectivity index (χ0v) is 12.5. The normalized spacial score (nSPS) is 10.5. The number of methoxy groups -OCH3 is 1. The highest BCUT2D eigenvalue weighted by Crippen LogP contribution is 2.15. The fourth-order valence-electron chi connectivity index (χ4n) is 2.18. The Hall–Kier alpha value is -2.27. The van der Waals surface area contributed by atoms with Crippen molar-refractivity contribution in [2.75, 3.05) is 25.2 Å². The van der Waals surface area contributed by atoms with Crippen molar-refractivity contribution in [2.45, 2.75) is 12.8 Å². The van der Waals surface area contributed by atoms with Crippen LogP contribution in [0.15, 0.2) is 48.8 Å². The summed E-state index contributed by atoms with van der Waals surface area (Å²) in [6.45, 7) is 0.927. The number of aromatic nitrogens is 1. The predicted octanol–water partition coefficient (Wildman–Crippen LogP) is 2.83. The largest absolute Gasteiger partial charge is 0.383 e. The molecule has 1 aromatic heterocycles. The number of nitrogens with zero attached hydrogens (tertiary/aromatic N) is 2. The van der Waals surface area contributed by atoms with Crippen LogP contribution in [-0.2, 0) is 16.0 Å². The van der Waals surface area contributed by atoms with E-state index in [2.05, 4.69) is 4.98 Å². The van der Waals surface area contributed by atoms with Crippen LogP contribution in [0, 0.1) is 5.82 Å². The minimum Gasteiger partial charge on any atom is -0.383 e. The summed E-state index contributed by atoms with van der Waals surface area (Å²) in [4.78, 5) is 18.1. The Morgan fingerprint density at radius 3 is 2.73 bits per heavy atom. The van der Waals surface area contributed by atoms with Gasteiger partial charge in [-0.3, -0.25) is 9.78 Å². The first-order valence-corrected chi connectivity index (χ1v) is 7.14. The number of pyridine rings is 1. The van der Waals surface area contributed by atoms with Gasteiger partial charge in [0.2, 0.25) is 5.91 Å². The Morgan fingerprint density at radius 1 is 1.27 bits per heavy atom. The molecule has 0 aliphatic carbocycles. The van der Waals surface area contributed by atoms with Crippen LogP contribution in [0.3, 0.4) is 0 Å². The van der Waals surface area contributed by atoms with E-state index in [9.17, 15) is 9.18 Å². The number of carbonyl (C=O) groups is 1. The fourth-order valence-corrected chi connectivity index (χ4v) is 2.18. The molecular weight excluding hydrogens is 283 g/mol. The number of rotatable bonds is 7. The number of hydrogen-bond acceptors (Lipinski definition) is 3. The molecule has 0 radical (unpaired) electrons. The highest BCUT2D eigenvalue weighted by atomic mass is 19.1. The summed E-state index contributed by atoms with van der Waals surface area (Å²) < 4.78 is 18.2. The van der Waals surface area contributed by atoms with E-state index in [1.54, 1.807) is 42.6 Å². The highest BCUT2D eigenvalue weighted by Gasteiger charge is 2.15. The first-order chi connectivity index (χ1) is 10.7. The van der Waals surface area contributed by atoms with Gasteiger partial charge in [-0.1, -0.05) is 12.1 Å². The number of aryl methyl sites for hydroxylation is 1. The van der Waals surface area contributed by atoms with E-state index >= 15 is 0 Å². The summed E-state index contributed by atoms with van der Waals surface area (Å²) in [5.41, 5.74) is 1.60. The molecule has 2 rings (SSSR count). The minimum absolute atomic E-state index is 0.0208. The van der Waals surface area contributed by atoms with E-state index < -0.39 is 0 Å². The number of hydrogen-bond donors (Lipinski definition) is 0. The van der Waals surface area contributed by atoms with Crippen molar-refractivity contribution in [3.05, 3.63) is 60.2 Å². The molecular formula is C17H19FN2O2. The third-order valence-electron chi connectivity index (χ3n) is 3.31. The molecule has 1 aromatic carbocycles. The third-order valence-corrected chi connectivity index (χ3v) is 3.31. The molecule has 1 heterocycles. The predicted molar refractivity (Wildman–Crippen MR) is 83.2 cm³/mol. The van der Waals surface area contributed by atoms with E-state index in [1.807, 2.05) is 6.07 Å². The molecule has 0 saturated heterocycles. The van der Waals surface area contributed by atoms with Gasteiger partial charge in [0, 0.05) is 38.2 Å². The average molecular weight is 302 g/mol. The van der Waals surface area contributed by atoms with Gasteiger partial charge in [0.05, 0.1) is 6.61 Å². The molecule has 0 N–H and O–H groups in total. The number of carbonyl (C=O) groups excluding carboxylic acids is 1. The van der Waals surface area contributed by atoms with Gasteiger partial charge in [0.15, 0.2) is 0 Å². The lowest BCUT2D eigenvalue weighted by atomic mass is 10.1. The first kappa shape index (κ1) is 16.1. The topological polar surface area (TPSA) is 42.4 Å². The number of anilines is 1. The molecule has 22 heavy (non-hydrogen) atoms. The second-order valence-electron chi connectivity index (χ2n) is 4.87. The molecule has 0 fully saturated rings. The van der Waals surface area contributed by atoms with Crippen molar-refractivity contribution in [1.29, 1.82) is 0 Å². The lowest BCUT2D eigenvalue weighted by Gasteiger charge is -2.22. The number of benzene rings is 1. The summed E-state index contributed by atoms with van der Waals surface area (Å²) in [6, 6.07) is 9.90. The molecule has 4 nitrogen and oxygen atoms in total. The van der Waals surface area contributed by atoms with Gasteiger partial charge in [0.1, 0.15) is 5.82 Å². The van der Waals surface area contributed by atoms with Crippen molar-refractivity contribution >= 4 is 11.6 Å². The molecule has 0 saturated carbocycles. The quantitative estimate of drug-likeness (QED) is 0.790. The van der Waals surface area contributed by atoms with Crippen molar-refractivity contribution in [1.82, 2.24) is 4.98 Å². The van der Waals surface area contributed by atoms with E-state index in [1.165, 1.54) is 12.1 Å². The molecule has 0 atom stereocenters. The fraction of sp³-hybridized carbons (Fsp3) is 0.294. The zero-order chi connectivity index (χ0) is 15.8. The molecule has 5 heteroatoms. The van der Waals surface area contributed by atoms with Crippen LogP contribution in [0.1, 0.15) is 12.0 Å². The minimum atomic E-state index is -0.282. The molecule has 0 unspecified atom stereocenters. The Balaban J connectivity index is 2.02. The van der Waals surface area contributed by atoms with E-state index in [4.69, 9.17) is 4.74 Å². The first-order valence-electron chi connectivity index (χ1n) is 7.14. The van der Waals surface area contributed by atoms with Gasteiger partial charge >= 0.3 is 0 Å². The zero-order valence-electron chi connectivity index (χ0n) is 12.5. The summed E-state index contributed by atoms with van der Waals surface area (Å²) in [6.07, 6.45) is 4.12. The molecule has 2 aromatic rings. The van der Waals surface area contributed by atoms with E-state index in [0.29, 0.717) is 26.0 Å². The van der Waals surface area contributed by atoms with Gasteiger partial charge in [0.25, 0.3) is 0 Å². The van der Waals surface area contributed by atoms with Gasteiger partial charge in [-0.15, -0.1) is 0 Å². The molecule has 116 valence electrons. The molecule has 0 bridgehead atoms. The van der Waals surface area contributed by atoms with Gasteiger partial charge in [-0.25, -0.2) is 4.39 Å². The van der Waals surface area contributed by atoms with Crippen molar-refractivity contribution in [3.8, 4) is 0 Å². The van der Waals surface area contributed by atoms with Crippen molar-refractivity contribution in [2.24, 2.45) is 0 Å². The van der Waals surface area contributed by atoms with Crippen LogP contribution in [0.5, 0.6) is 0 Å². The van der Waals surface area contributed by atoms with Crippen LogP contribution >= 0.6 is 0 Å². The maximum absolute atomic E-state index is 13.2. The standard InChI is InChI=1S/C17H19FN2O2/c1-22-12-11-20(16-7-9-19-10-8-16)17(21)6-5-14-3-2-4-15(18)13-14/h2-4,7-10,13H,5-6,11-12H2,1H3. The molecule has 0 spiro atoms. The van der Waals surface area contributed by atoms with Crippen molar-refractivity contribution < 1.29 is 13.9 Å².